The van der Waals surface area contributed by atoms with Crippen molar-refractivity contribution in [1.82, 2.24) is 4.90 Å². The van der Waals surface area contributed by atoms with Crippen LogP contribution in [0.1, 0.15) is 26.2 Å². The van der Waals surface area contributed by atoms with Crippen molar-refractivity contribution in [2.75, 3.05) is 13.1 Å². The number of para-hydroxylation sites is 1. The van der Waals surface area contributed by atoms with Gasteiger partial charge in [-0.3, -0.25) is 4.79 Å². The molecule has 5 nitrogen and oxygen atoms in total. The van der Waals surface area contributed by atoms with E-state index in [1.54, 1.807) is 17.0 Å². The predicted molar refractivity (Wildman–Crippen MR) is 78.2 cm³/mol. The number of nitrogens with zero attached hydrogens (tertiary/aromatic N) is 1. The Morgan fingerprint density at radius 3 is 2.76 bits per heavy atom. The van der Waals surface area contributed by atoms with Gasteiger partial charge in [-0.15, -0.1) is 0 Å². The maximum Gasteiger partial charge on any atom is 0.415 e. The average molecular weight is 291 g/mol. The first-order valence-electron chi connectivity index (χ1n) is 7.30. The van der Waals surface area contributed by atoms with E-state index >= 15 is 0 Å². The largest absolute Gasteiger partial charge is 0.481 e. The highest BCUT2D eigenvalue weighted by Crippen LogP contribution is 2.26. The van der Waals surface area contributed by atoms with E-state index in [4.69, 9.17) is 9.84 Å². The third kappa shape index (κ3) is 4.48. The van der Waals surface area contributed by atoms with Crippen LogP contribution in [0.3, 0.4) is 0 Å². The quantitative estimate of drug-likeness (QED) is 0.926. The number of hydrogen-bond donors (Lipinski definition) is 1. The molecule has 1 aromatic carbocycles. The number of aliphatic carboxylic acids is 1. The number of likely N-dealkylation sites (tertiary alicyclic amines) is 1. The summed E-state index contributed by atoms with van der Waals surface area (Å²) < 4.78 is 5.33. The van der Waals surface area contributed by atoms with E-state index in [0.717, 1.165) is 12.8 Å². The molecule has 2 atom stereocenters. The molecule has 0 saturated carbocycles. The summed E-state index contributed by atoms with van der Waals surface area (Å²) in [6, 6.07) is 8.98. The monoisotopic (exact) mass is 291 g/mol. The van der Waals surface area contributed by atoms with E-state index in [2.05, 4.69) is 0 Å². The van der Waals surface area contributed by atoms with Crippen molar-refractivity contribution in [1.29, 1.82) is 0 Å². The van der Waals surface area contributed by atoms with Crippen LogP contribution in [0.4, 0.5) is 4.79 Å². The maximum absolute atomic E-state index is 12.1. The highest BCUT2D eigenvalue weighted by atomic mass is 16.6. The van der Waals surface area contributed by atoms with Crippen molar-refractivity contribution in [2.45, 2.75) is 26.2 Å². The van der Waals surface area contributed by atoms with E-state index in [1.165, 1.54) is 0 Å². The Balaban J connectivity index is 1.91. The van der Waals surface area contributed by atoms with Crippen LogP contribution in [0.5, 0.6) is 5.75 Å². The minimum Gasteiger partial charge on any atom is -0.481 e. The Labute approximate surface area is 124 Å². The van der Waals surface area contributed by atoms with Gasteiger partial charge in [-0.05, 0) is 36.8 Å². The highest BCUT2D eigenvalue weighted by molar-refractivity contribution is 5.71. The Kier molecular flexibility index (Phi) is 5.20. The number of carbonyl (C=O) groups excluding carboxylic acids is 1. The summed E-state index contributed by atoms with van der Waals surface area (Å²) in [6.45, 7) is 3.17. The molecule has 114 valence electrons. The normalized spacial score (nSPS) is 19.9. The van der Waals surface area contributed by atoms with E-state index in [1.807, 2.05) is 25.1 Å². The van der Waals surface area contributed by atoms with Gasteiger partial charge in [0.1, 0.15) is 5.75 Å². The highest BCUT2D eigenvalue weighted by Gasteiger charge is 2.29. The molecular formula is C16H21NO4. The van der Waals surface area contributed by atoms with Crippen molar-refractivity contribution in [3.05, 3.63) is 30.3 Å². The maximum atomic E-state index is 12.1. The van der Waals surface area contributed by atoms with Crippen LogP contribution in [0, 0.1) is 11.8 Å². The van der Waals surface area contributed by atoms with Gasteiger partial charge in [0.05, 0.1) is 0 Å². The lowest BCUT2D eigenvalue weighted by molar-refractivity contribution is -0.138. The van der Waals surface area contributed by atoms with Gasteiger partial charge in [0.25, 0.3) is 0 Å². The Morgan fingerprint density at radius 1 is 1.38 bits per heavy atom. The zero-order valence-electron chi connectivity index (χ0n) is 12.2. The van der Waals surface area contributed by atoms with Crippen LogP contribution < -0.4 is 4.74 Å². The summed E-state index contributed by atoms with van der Waals surface area (Å²) in [5.74, 6) is 0.0303. The molecule has 0 radical (unpaired) electrons. The van der Waals surface area contributed by atoms with E-state index in [9.17, 15) is 9.59 Å². The van der Waals surface area contributed by atoms with Crippen molar-refractivity contribution < 1.29 is 19.4 Å². The first-order chi connectivity index (χ1) is 10.1. The van der Waals surface area contributed by atoms with Crippen LogP contribution in [0.2, 0.25) is 0 Å². The molecule has 1 aliphatic heterocycles. The summed E-state index contributed by atoms with van der Waals surface area (Å²) in [5, 5.41) is 8.88. The molecule has 1 aliphatic rings. The molecule has 1 fully saturated rings. The fraction of sp³-hybridized carbons (Fsp3) is 0.500. The van der Waals surface area contributed by atoms with Crippen LogP contribution in [-0.2, 0) is 4.79 Å². The zero-order valence-corrected chi connectivity index (χ0v) is 12.2. The third-order valence-electron chi connectivity index (χ3n) is 3.97. The fourth-order valence-electron chi connectivity index (χ4n) is 2.74. The van der Waals surface area contributed by atoms with Gasteiger partial charge < -0.3 is 14.7 Å². The molecule has 5 heteroatoms. The Hall–Kier alpha value is -2.04. The van der Waals surface area contributed by atoms with Gasteiger partial charge in [-0.2, -0.15) is 0 Å². The van der Waals surface area contributed by atoms with Crippen LogP contribution in [-0.4, -0.2) is 35.2 Å². The number of piperidine rings is 1. The average Bonchev–Trinajstić information content (AvgIpc) is 2.47. The summed E-state index contributed by atoms with van der Waals surface area (Å²) in [4.78, 5) is 24.6. The second-order valence-electron chi connectivity index (χ2n) is 5.60. The number of benzene rings is 1. The summed E-state index contributed by atoms with van der Waals surface area (Å²) >= 11 is 0. The minimum atomic E-state index is -0.786. The Morgan fingerprint density at radius 2 is 2.10 bits per heavy atom. The lowest BCUT2D eigenvalue weighted by Gasteiger charge is -2.34. The molecule has 2 unspecified atom stereocenters. The molecule has 0 bridgehead atoms. The van der Waals surface area contributed by atoms with Crippen LogP contribution >= 0.6 is 0 Å². The van der Waals surface area contributed by atoms with Crippen molar-refractivity contribution >= 4 is 12.1 Å². The molecule has 0 spiro atoms. The predicted octanol–water partition coefficient (Wildman–Crippen LogP) is 3.01. The lowest BCUT2D eigenvalue weighted by Crippen LogP contribution is -2.43. The number of carbonyl (C=O) groups is 2. The number of ether oxygens (including phenoxy) is 1. The molecule has 2 rings (SSSR count). The van der Waals surface area contributed by atoms with Crippen LogP contribution in [0.25, 0.3) is 0 Å². The number of hydrogen-bond acceptors (Lipinski definition) is 3. The van der Waals surface area contributed by atoms with Gasteiger partial charge in [-0.1, -0.05) is 25.1 Å². The van der Waals surface area contributed by atoms with Gasteiger partial charge in [-0.25, -0.2) is 4.79 Å². The van der Waals surface area contributed by atoms with Crippen molar-refractivity contribution in [2.24, 2.45) is 11.8 Å². The van der Waals surface area contributed by atoms with Gasteiger partial charge in [0, 0.05) is 19.5 Å². The standard InChI is InChI=1S/C16H21NO4/c1-12(10-15(18)19)13-6-5-9-17(11-13)16(20)21-14-7-3-2-4-8-14/h2-4,7-8,12-13H,5-6,9-11H2,1H3,(H,18,19). The van der Waals surface area contributed by atoms with E-state index < -0.39 is 5.97 Å². The lowest BCUT2D eigenvalue weighted by atomic mass is 9.85. The minimum absolute atomic E-state index is 0.0647. The molecular weight excluding hydrogens is 270 g/mol. The summed E-state index contributed by atoms with van der Waals surface area (Å²) in [6.07, 6.45) is 1.64. The molecule has 1 saturated heterocycles. The number of carboxylic acid groups (broad SMARTS) is 1. The second-order valence-corrected chi connectivity index (χ2v) is 5.60. The van der Waals surface area contributed by atoms with Crippen LogP contribution in [0.15, 0.2) is 30.3 Å². The molecule has 0 aliphatic carbocycles. The molecule has 1 amide bonds. The summed E-state index contributed by atoms with van der Waals surface area (Å²) in [7, 11) is 0. The molecule has 21 heavy (non-hydrogen) atoms. The van der Waals surface area contributed by atoms with E-state index in [-0.39, 0.29) is 24.3 Å². The van der Waals surface area contributed by atoms with Gasteiger partial charge in [0.15, 0.2) is 0 Å². The first-order valence-corrected chi connectivity index (χ1v) is 7.30. The topological polar surface area (TPSA) is 66.8 Å². The second kappa shape index (κ2) is 7.11. The first kappa shape index (κ1) is 15.4. The van der Waals surface area contributed by atoms with Gasteiger partial charge >= 0.3 is 12.1 Å². The smallest absolute Gasteiger partial charge is 0.415 e. The SMILES string of the molecule is CC(CC(=O)O)C1CCCN(C(=O)Oc2ccccc2)C1. The number of amides is 1. The van der Waals surface area contributed by atoms with E-state index in [0.29, 0.717) is 18.8 Å². The third-order valence-corrected chi connectivity index (χ3v) is 3.97. The summed E-state index contributed by atoms with van der Waals surface area (Å²) in [5.41, 5.74) is 0. The molecule has 1 N–H and O–H groups in total. The molecule has 1 aromatic rings. The zero-order chi connectivity index (χ0) is 15.2. The van der Waals surface area contributed by atoms with Crippen molar-refractivity contribution in [3.63, 3.8) is 0 Å². The molecule has 1 heterocycles. The number of carboxylic acids is 1. The van der Waals surface area contributed by atoms with Crippen molar-refractivity contribution in [3.8, 4) is 5.75 Å². The Bertz CT molecular complexity index is 488. The fourth-order valence-corrected chi connectivity index (χ4v) is 2.74. The molecule has 0 aromatic heterocycles. The number of rotatable bonds is 4. The van der Waals surface area contributed by atoms with Gasteiger partial charge in [0.2, 0.25) is 0 Å².